The van der Waals surface area contributed by atoms with Crippen LogP contribution in [0.2, 0.25) is 0 Å². The van der Waals surface area contributed by atoms with E-state index < -0.39 is 5.91 Å². The lowest BCUT2D eigenvalue weighted by Gasteiger charge is -2.19. The standard InChI is InChI=1S/C21H26N4O3/c1-4-5-20(16-6-8-19(9-7-16)27-13-11-25(2)3)23-21(26)17(15-22)14-18-10-12-28-24-18/h6-10,12,14,20H,4-5,11,13H2,1-3H3,(H,23,26). The zero-order valence-electron chi connectivity index (χ0n) is 16.5. The first-order valence-electron chi connectivity index (χ1n) is 9.24. The molecule has 1 atom stereocenters. The van der Waals surface area contributed by atoms with Gasteiger partial charge in [-0.2, -0.15) is 5.26 Å². The van der Waals surface area contributed by atoms with E-state index in [1.807, 2.05) is 51.4 Å². The number of hydrogen-bond acceptors (Lipinski definition) is 6. The van der Waals surface area contributed by atoms with Crippen LogP contribution < -0.4 is 10.1 Å². The average Bonchev–Trinajstić information content (AvgIpc) is 3.19. The number of likely N-dealkylation sites (N-methyl/N-ethyl adjacent to an activating group) is 1. The molecule has 1 aromatic heterocycles. The second-order valence-electron chi connectivity index (χ2n) is 6.63. The summed E-state index contributed by atoms with van der Waals surface area (Å²) in [7, 11) is 3.99. The van der Waals surface area contributed by atoms with Gasteiger partial charge in [0, 0.05) is 12.6 Å². The quantitative estimate of drug-likeness (QED) is 0.501. The number of hydrogen-bond donors (Lipinski definition) is 1. The Labute approximate surface area is 165 Å². The fourth-order valence-corrected chi connectivity index (χ4v) is 2.58. The fourth-order valence-electron chi connectivity index (χ4n) is 2.58. The topological polar surface area (TPSA) is 91.4 Å². The average molecular weight is 382 g/mol. The van der Waals surface area contributed by atoms with Gasteiger partial charge in [0.1, 0.15) is 36.0 Å². The van der Waals surface area contributed by atoms with E-state index >= 15 is 0 Å². The van der Waals surface area contributed by atoms with E-state index in [0.29, 0.717) is 12.3 Å². The van der Waals surface area contributed by atoms with Crippen molar-refractivity contribution in [3.05, 3.63) is 53.4 Å². The number of amides is 1. The van der Waals surface area contributed by atoms with Crippen molar-refractivity contribution in [2.75, 3.05) is 27.2 Å². The minimum atomic E-state index is -0.435. The first kappa shape index (κ1) is 21.2. The molecule has 1 aromatic carbocycles. The van der Waals surface area contributed by atoms with Crippen LogP contribution in [0.1, 0.15) is 37.1 Å². The molecule has 1 N–H and O–H groups in total. The van der Waals surface area contributed by atoms with E-state index in [4.69, 9.17) is 9.26 Å². The van der Waals surface area contributed by atoms with Crippen LogP contribution in [-0.4, -0.2) is 43.2 Å². The molecular weight excluding hydrogens is 356 g/mol. The number of ether oxygens (including phenoxy) is 1. The van der Waals surface area contributed by atoms with E-state index in [1.54, 1.807) is 6.07 Å². The Morgan fingerprint density at radius 3 is 2.68 bits per heavy atom. The Hall–Kier alpha value is -3.11. The number of carbonyl (C=O) groups is 1. The summed E-state index contributed by atoms with van der Waals surface area (Å²) in [5.41, 5.74) is 1.38. The van der Waals surface area contributed by atoms with Gasteiger partial charge in [0.15, 0.2) is 0 Å². The normalized spacial score (nSPS) is 12.5. The Morgan fingerprint density at radius 2 is 2.11 bits per heavy atom. The van der Waals surface area contributed by atoms with Crippen molar-refractivity contribution >= 4 is 12.0 Å². The SMILES string of the molecule is CCCC(NC(=O)C(C#N)=Cc1ccon1)c1ccc(OCCN(C)C)cc1. The van der Waals surface area contributed by atoms with Gasteiger partial charge in [0.05, 0.1) is 6.04 Å². The molecule has 0 fully saturated rings. The summed E-state index contributed by atoms with van der Waals surface area (Å²) in [5.74, 6) is 0.353. The second-order valence-corrected chi connectivity index (χ2v) is 6.63. The third kappa shape index (κ3) is 6.56. The minimum absolute atomic E-state index is 0.0151. The van der Waals surface area contributed by atoms with Crippen molar-refractivity contribution in [1.82, 2.24) is 15.4 Å². The van der Waals surface area contributed by atoms with Gasteiger partial charge in [-0.1, -0.05) is 30.6 Å². The van der Waals surface area contributed by atoms with Crippen molar-refractivity contribution in [1.29, 1.82) is 5.26 Å². The van der Waals surface area contributed by atoms with Crippen LogP contribution in [0.4, 0.5) is 0 Å². The Balaban J connectivity index is 2.05. The van der Waals surface area contributed by atoms with Crippen LogP contribution in [0.5, 0.6) is 5.75 Å². The maximum atomic E-state index is 12.5. The first-order valence-corrected chi connectivity index (χ1v) is 9.24. The predicted octanol–water partition coefficient (Wildman–Crippen LogP) is 3.18. The summed E-state index contributed by atoms with van der Waals surface area (Å²) in [6.45, 7) is 3.50. The number of nitrogens with zero attached hydrogens (tertiary/aromatic N) is 3. The van der Waals surface area contributed by atoms with Crippen molar-refractivity contribution in [3.63, 3.8) is 0 Å². The summed E-state index contributed by atoms with van der Waals surface area (Å²) in [5, 5.41) is 16.0. The van der Waals surface area contributed by atoms with Gasteiger partial charge in [0.25, 0.3) is 5.91 Å². The molecule has 1 heterocycles. The van der Waals surface area contributed by atoms with Crippen LogP contribution in [0.25, 0.3) is 6.08 Å². The van der Waals surface area contributed by atoms with Gasteiger partial charge in [-0.3, -0.25) is 4.79 Å². The second kappa shape index (κ2) is 10.9. The lowest BCUT2D eigenvalue weighted by atomic mass is 10.0. The summed E-state index contributed by atoms with van der Waals surface area (Å²) >= 11 is 0. The Morgan fingerprint density at radius 1 is 1.36 bits per heavy atom. The van der Waals surface area contributed by atoms with Crippen molar-refractivity contribution in [2.45, 2.75) is 25.8 Å². The first-order chi connectivity index (χ1) is 13.5. The number of carbonyl (C=O) groups excluding carboxylic acids is 1. The van der Waals surface area contributed by atoms with Crippen LogP contribution in [0, 0.1) is 11.3 Å². The smallest absolute Gasteiger partial charge is 0.262 e. The van der Waals surface area contributed by atoms with Gasteiger partial charge >= 0.3 is 0 Å². The van der Waals surface area contributed by atoms with Gasteiger partial charge in [-0.05, 0) is 44.3 Å². The van der Waals surface area contributed by atoms with Crippen LogP contribution in [0.3, 0.4) is 0 Å². The predicted molar refractivity (Wildman–Crippen MR) is 106 cm³/mol. The van der Waals surface area contributed by atoms with E-state index in [-0.39, 0.29) is 11.6 Å². The Kier molecular flexibility index (Phi) is 8.25. The molecule has 7 heteroatoms. The van der Waals surface area contributed by atoms with Crippen LogP contribution in [0.15, 0.2) is 46.7 Å². The third-order valence-electron chi connectivity index (χ3n) is 4.09. The highest BCUT2D eigenvalue weighted by Crippen LogP contribution is 2.22. The molecular formula is C21H26N4O3. The number of nitriles is 1. The monoisotopic (exact) mass is 382 g/mol. The summed E-state index contributed by atoms with van der Waals surface area (Å²) in [4.78, 5) is 14.6. The third-order valence-corrected chi connectivity index (χ3v) is 4.09. The lowest BCUT2D eigenvalue weighted by Crippen LogP contribution is -2.29. The number of aromatic nitrogens is 1. The molecule has 0 aliphatic carbocycles. The van der Waals surface area contributed by atoms with Crippen molar-refractivity contribution in [3.8, 4) is 11.8 Å². The molecule has 1 unspecified atom stereocenters. The van der Waals surface area contributed by atoms with Gasteiger partial charge < -0.3 is 19.5 Å². The molecule has 0 aliphatic heterocycles. The number of benzene rings is 1. The molecule has 0 saturated heterocycles. The molecule has 0 radical (unpaired) electrons. The van der Waals surface area contributed by atoms with Crippen molar-refractivity contribution in [2.24, 2.45) is 0 Å². The zero-order chi connectivity index (χ0) is 20.4. The van der Waals surface area contributed by atoms with Crippen LogP contribution in [-0.2, 0) is 4.79 Å². The summed E-state index contributed by atoms with van der Waals surface area (Å²) in [6, 6.07) is 11.0. The van der Waals surface area contributed by atoms with Crippen molar-refractivity contribution < 1.29 is 14.1 Å². The zero-order valence-corrected chi connectivity index (χ0v) is 16.5. The Bertz CT molecular complexity index is 805. The van der Waals surface area contributed by atoms with Gasteiger partial charge in [-0.15, -0.1) is 0 Å². The van der Waals surface area contributed by atoms with E-state index in [0.717, 1.165) is 30.7 Å². The van der Waals surface area contributed by atoms with Crippen LogP contribution >= 0.6 is 0 Å². The van der Waals surface area contributed by atoms with E-state index in [1.165, 1.54) is 12.3 Å². The number of nitrogens with one attached hydrogen (secondary N) is 1. The molecule has 0 bridgehead atoms. The van der Waals surface area contributed by atoms with Gasteiger partial charge in [-0.25, -0.2) is 0 Å². The largest absolute Gasteiger partial charge is 0.492 e. The summed E-state index contributed by atoms with van der Waals surface area (Å²) < 4.78 is 10.4. The van der Waals surface area contributed by atoms with E-state index in [2.05, 4.69) is 15.4 Å². The molecule has 2 aromatic rings. The molecule has 7 nitrogen and oxygen atoms in total. The van der Waals surface area contributed by atoms with Gasteiger partial charge in [0.2, 0.25) is 0 Å². The lowest BCUT2D eigenvalue weighted by molar-refractivity contribution is -0.117. The number of rotatable bonds is 10. The maximum absolute atomic E-state index is 12.5. The maximum Gasteiger partial charge on any atom is 0.262 e. The molecule has 0 spiro atoms. The molecule has 148 valence electrons. The highest BCUT2D eigenvalue weighted by Gasteiger charge is 2.17. The highest BCUT2D eigenvalue weighted by atomic mass is 16.5. The molecule has 0 aliphatic rings. The molecule has 0 saturated carbocycles. The molecule has 28 heavy (non-hydrogen) atoms. The molecule has 2 rings (SSSR count). The molecule has 1 amide bonds. The minimum Gasteiger partial charge on any atom is -0.492 e. The van der Waals surface area contributed by atoms with E-state index in [9.17, 15) is 10.1 Å². The fraction of sp³-hybridized carbons (Fsp3) is 0.381. The highest BCUT2D eigenvalue weighted by molar-refractivity contribution is 6.01. The summed E-state index contributed by atoms with van der Waals surface area (Å²) in [6.07, 6.45) is 4.44.